The van der Waals surface area contributed by atoms with Gasteiger partial charge in [-0.25, -0.2) is 4.98 Å². The van der Waals surface area contributed by atoms with Gasteiger partial charge in [0.15, 0.2) is 0 Å². The lowest BCUT2D eigenvalue weighted by Gasteiger charge is -2.26. The lowest BCUT2D eigenvalue weighted by Crippen LogP contribution is -2.42. The van der Waals surface area contributed by atoms with Gasteiger partial charge in [-0.15, -0.1) is 0 Å². The highest BCUT2D eigenvalue weighted by atomic mass is 16.5. The Morgan fingerprint density at radius 3 is 2.08 bits per heavy atom. The van der Waals surface area contributed by atoms with E-state index in [1.54, 1.807) is 31.4 Å². The number of carbonyl (C=O) groups is 2. The van der Waals surface area contributed by atoms with E-state index < -0.39 is 0 Å². The molecule has 0 aliphatic rings. The number of hydrogen-bond donors (Lipinski definition) is 1. The Balaban J connectivity index is 1.60. The normalized spacial score (nSPS) is 10.9. The second kappa shape index (κ2) is 11.1. The first-order chi connectivity index (χ1) is 17.7. The maximum atomic E-state index is 13.2. The van der Waals surface area contributed by atoms with E-state index in [0.717, 1.165) is 28.1 Å². The predicted octanol–water partition coefficient (Wildman–Crippen LogP) is 5.65. The summed E-state index contributed by atoms with van der Waals surface area (Å²) in [6.07, 6.45) is 1.91. The van der Waals surface area contributed by atoms with Gasteiger partial charge in [0.05, 0.1) is 12.8 Å². The SMILES string of the molecule is COc1ccc(C(=O)N(CC(=O)Nc2nc(-c3ccc(C)cc3)cn2-c2ccc(C)cc2)C(C)C)cc1. The quantitative estimate of drug-likeness (QED) is 0.342. The van der Waals surface area contributed by atoms with Crippen molar-refractivity contribution in [3.63, 3.8) is 0 Å². The largest absolute Gasteiger partial charge is 0.497 e. The van der Waals surface area contributed by atoms with Crippen molar-refractivity contribution in [2.24, 2.45) is 0 Å². The number of methoxy groups -OCH3 is 1. The standard InChI is InChI=1S/C30H32N4O3/c1-20(2)33(29(36)24-12-16-26(37-5)17-13-24)19-28(35)32-30-31-27(23-10-6-21(3)7-11-23)18-34(30)25-14-8-22(4)9-15-25/h6-18,20H,19H2,1-5H3,(H,31,32,35). The second-order valence-electron chi connectivity index (χ2n) is 9.32. The van der Waals surface area contributed by atoms with Gasteiger partial charge in [0.25, 0.3) is 5.91 Å². The van der Waals surface area contributed by atoms with Gasteiger partial charge >= 0.3 is 0 Å². The third-order valence-electron chi connectivity index (χ3n) is 6.15. The summed E-state index contributed by atoms with van der Waals surface area (Å²) in [6, 6.07) is 22.8. The molecule has 0 bridgehead atoms. The minimum atomic E-state index is -0.329. The van der Waals surface area contributed by atoms with Gasteiger partial charge in [-0.1, -0.05) is 47.5 Å². The molecule has 1 N–H and O–H groups in total. The highest BCUT2D eigenvalue weighted by Crippen LogP contribution is 2.25. The molecule has 0 aliphatic carbocycles. The van der Waals surface area contributed by atoms with Crippen molar-refractivity contribution >= 4 is 17.8 Å². The van der Waals surface area contributed by atoms with Crippen LogP contribution in [0.2, 0.25) is 0 Å². The summed E-state index contributed by atoms with van der Waals surface area (Å²) < 4.78 is 7.04. The van der Waals surface area contributed by atoms with Gasteiger partial charge in [-0.05, 0) is 64.1 Å². The van der Waals surface area contributed by atoms with Crippen LogP contribution >= 0.6 is 0 Å². The molecule has 3 aromatic carbocycles. The number of rotatable bonds is 8. The molecule has 1 aromatic heterocycles. The number of ether oxygens (including phenoxy) is 1. The first-order valence-corrected chi connectivity index (χ1v) is 12.2. The fraction of sp³-hybridized carbons (Fsp3) is 0.233. The first kappa shape index (κ1) is 25.7. The molecule has 0 radical (unpaired) electrons. The Morgan fingerprint density at radius 1 is 0.919 bits per heavy atom. The average Bonchev–Trinajstić information content (AvgIpc) is 3.31. The van der Waals surface area contributed by atoms with E-state index in [2.05, 4.69) is 5.32 Å². The molecule has 0 saturated heterocycles. The summed E-state index contributed by atoms with van der Waals surface area (Å²) in [6.45, 7) is 7.73. The number of nitrogens with one attached hydrogen (secondary N) is 1. The van der Waals surface area contributed by atoms with Crippen LogP contribution in [-0.4, -0.2) is 46.0 Å². The first-order valence-electron chi connectivity index (χ1n) is 12.2. The van der Waals surface area contributed by atoms with Gasteiger partial charge in [0.2, 0.25) is 11.9 Å². The van der Waals surface area contributed by atoms with Gasteiger partial charge in [0.1, 0.15) is 12.3 Å². The molecule has 190 valence electrons. The Kier molecular flexibility index (Phi) is 7.72. The summed E-state index contributed by atoms with van der Waals surface area (Å²) >= 11 is 0. The Hall–Kier alpha value is -4.39. The van der Waals surface area contributed by atoms with E-state index in [1.807, 2.05) is 87.0 Å². The highest BCUT2D eigenvalue weighted by Gasteiger charge is 2.23. The van der Waals surface area contributed by atoms with Gasteiger partial charge < -0.3 is 9.64 Å². The Morgan fingerprint density at radius 2 is 1.51 bits per heavy atom. The van der Waals surface area contributed by atoms with Gasteiger partial charge in [-0.2, -0.15) is 0 Å². The van der Waals surface area contributed by atoms with Crippen LogP contribution in [0.1, 0.15) is 35.3 Å². The summed E-state index contributed by atoms with van der Waals surface area (Å²) in [7, 11) is 1.58. The number of nitrogens with zero attached hydrogens (tertiary/aromatic N) is 3. The third kappa shape index (κ3) is 6.06. The van der Waals surface area contributed by atoms with Gasteiger partial charge in [0, 0.05) is 29.1 Å². The molecule has 4 rings (SSSR count). The number of aryl methyl sites for hydroxylation is 2. The minimum Gasteiger partial charge on any atom is -0.497 e. The molecule has 0 atom stereocenters. The molecule has 2 amide bonds. The molecule has 0 spiro atoms. The van der Waals surface area contributed by atoms with Crippen molar-refractivity contribution in [2.75, 3.05) is 19.0 Å². The monoisotopic (exact) mass is 496 g/mol. The van der Waals surface area contributed by atoms with Crippen LogP contribution in [0.5, 0.6) is 5.75 Å². The number of benzene rings is 3. The summed E-state index contributed by atoms with van der Waals surface area (Å²) in [5.41, 5.74) is 5.35. The molecule has 7 heteroatoms. The van der Waals surface area contributed by atoms with Crippen molar-refractivity contribution < 1.29 is 14.3 Å². The minimum absolute atomic E-state index is 0.108. The third-order valence-corrected chi connectivity index (χ3v) is 6.15. The van der Waals surface area contributed by atoms with E-state index in [-0.39, 0.29) is 24.4 Å². The van der Waals surface area contributed by atoms with Gasteiger partial charge in [-0.3, -0.25) is 19.5 Å². The van der Waals surface area contributed by atoms with Crippen LogP contribution in [-0.2, 0) is 4.79 Å². The second-order valence-corrected chi connectivity index (χ2v) is 9.32. The predicted molar refractivity (Wildman–Crippen MR) is 146 cm³/mol. The van der Waals surface area contributed by atoms with E-state index in [1.165, 1.54) is 4.90 Å². The smallest absolute Gasteiger partial charge is 0.254 e. The van der Waals surface area contributed by atoms with Crippen LogP contribution in [0.15, 0.2) is 79.0 Å². The molecule has 0 saturated carbocycles. The van der Waals surface area contributed by atoms with Crippen molar-refractivity contribution in [1.29, 1.82) is 0 Å². The van der Waals surface area contributed by atoms with E-state index >= 15 is 0 Å². The van der Waals surface area contributed by atoms with Crippen LogP contribution in [0.25, 0.3) is 16.9 Å². The zero-order chi connectivity index (χ0) is 26.5. The van der Waals surface area contributed by atoms with Crippen LogP contribution < -0.4 is 10.1 Å². The zero-order valence-corrected chi connectivity index (χ0v) is 21.9. The van der Waals surface area contributed by atoms with Crippen LogP contribution in [0.3, 0.4) is 0 Å². The lowest BCUT2D eigenvalue weighted by atomic mass is 10.1. The molecule has 37 heavy (non-hydrogen) atoms. The molecule has 7 nitrogen and oxygen atoms in total. The number of hydrogen-bond acceptors (Lipinski definition) is 4. The summed E-state index contributed by atoms with van der Waals surface area (Å²) in [5, 5.41) is 2.93. The number of amides is 2. The molecule has 4 aromatic rings. The van der Waals surface area contributed by atoms with E-state index in [9.17, 15) is 9.59 Å². The van der Waals surface area contributed by atoms with Crippen molar-refractivity contribution in [1.82, 2.24) is 14.5 Å². The van der Waals surface area contributed by atoms with Crippen molar-refractivity contribution in [3.8, 4) is 22.7 Å². The number of imidazole rings is 1. The van der Waals surface area contributed by atoms with Crippen LogP contribution in [0, 0.1) is 13.8 Å². The summed E-state index contributed by atoms with van der Waals surface area (Å²) in [4.78, 5) is 32.7. The molecule has 0 aliphatic heterocycles. The maximum absolute atomic E-state index is 13.2. The fourth-order valence-corrected chi connectivity index (χ4v) is 3.94. The number of carbonyl (C=O) groups excluding carboxylic acids is 2. The molecular weight excluding hydrogens is 464 g/mol. The maximum Gasteiger partial charge on any atom is 0.254 e. The van der Waals surface area contributed by atoms with E-state index in [4.69, 9.17) is 9.72 Å². The highest BCUT2D eigenvalue weighted by molar-refractivity contribution is 5.99. The topological polar surface area (TPSA) is 76.5 Å². The van der Waals surface area contributed by atoms with E-state index in [0.29, 0.717) is 17.3 Å². The molecule has 0 unspecified atom stereocenters. The fourth-order valence-electron chi connectivity index (χ4n) is 3.94. The Labute approximate surface area is 217 Å². The molecule has 0 fully saturated rings. The van der Waals surface area contributed by atoms with Crippen LogP contribution in [0.4, 0.5) is 5.95 Å². The lowest BCUT2D eigenvalue weighted by molar-refractivity contribution is -0.117. The molecular formula is C30H32N4O3. The summed E-state index contributed by atoms with van der Waals surface area (Å²) in [5.74, 6) is 0.503. The van der Waals surface area contributed by atoms with Crippen molar-refractivity contribution in [3.05, 3.63) is 95.7 Å². The van der Waals surface area contributed by atoms with Crippen molar-refractivity contribution in [2.45, 2.75) is 33.7 Å². The molecule has 1 heterocycles. The number of anilines is 1. The zero-order valence-electron chi connectivity index (χ0n) is 21.9. The number of aromatic nitrogens is 2. The average molecular weight is 497 g/mol. The Bertz CT molecular complexity index is 1370.